The highest BCUT2D eigenvalue weighted by Crippen LogP contribution is 2.30. The van der Waals surface area contributed by atoms with Crippen LogP contribution in [-0.4, -0.2) is 10.5 Å². The van der Waals surface area contributed by atoms with Crippen molar-refractivity contribution in [3.8, 4) is 0 Å². The first-order valence-corrected chi connectivity index (χ1v) is 9.52. The van der Waals surface area contributed by atoms with Crippen molar-refractivity contribution >= 4 is 34.1 Å². The van der Waals surface area contributed by atoms with Crippen molar-refractivity contribution in [2.45, 2.75) is 40.2 Å². The molecule has 0 saturated heterocycles. The predicted octanol–water partition coefficient (Wildman–Crippen LogP) is 6.47. The van der Waals surface area contributed by atoms with Gasteiger partial charge in [-0.1, -0.05) is 43.7 Å². The van der Waals surface area contributed by atoms with Crippen LogP contribution in [0.25, 0.3) is 10.9 Å². The van der Waals surface area contributed by atoms with Crippen LogP contribution < -0.4 is 5.32 Å². The summed E-state index contributed by atoms with van der Waals surface area (Å²) in [6.07, 6.45) is 1.82. The van der Waals surface area contributed by atoms with Gasteiger partial charge in [0.15, 0.2) is 0 Å². The molecule has 0 bridgehead atoms. The van der Waals surface area contributed by atoms with E-state index in [9.17, 15) is 4.79 Å². The van der Waals surface area contributed by atoms with Gasteiger partial charge in [-0.2, -0.15) is 0 Å². The maximum Gasteiger partial charge on any atom is 0.272 e. The molecule has 0 fully saturated rings. The fraction of sp³-hybridized carbons (Fsp3) is 0.261. The largest absolute Gasteiger partial charge is 0.332 e. The highest BCUT2D eigenvalue weighted by Gasteiger charge is 2.21. The van der Waals surface area contributed by atoms with Gasteiger partial charge in [0.2, 0.25) is 0 Å². The average molecular weight is 381 g/mol. The Morgan fingerprint density at radius 1 is 1.22 bits per heavy atom. The molecule has 2 aromatic carbocycles. The number of aryl methyl sites for hydroxylation is 2. The Morgan fingerprint density at radius 3 is 2.63 bits per heavy atom. The lowest BCUT2D eigenvalue weighted by Crippen LogP contribution is -2.18. The first-order valence-electron chi connectivity index (χ1n) is 9.14. The van der Waals surface area contributed by atoms with E-state index in [-0.39, 0.29) is 5.91 Å². The van der Waals surface area contributed by atoms with Gasteiger partial charge >= 0.3 is 0 Å². The molecule has 3 rings (SSSR count). The fourth-order valence-corrected chi connectivity index (χ4v) is 3.59. The topological polar surface area (TPSA) is 34.0 Å². The van der Waals surface area contributed by atoms with Crippen molar-refractivity contribution in [3.05, 3.63) is 76.5 Å². The maximum atomic E-state index is 13.2. The standard InChI is InChI=1S/C23H25ClN2O/c1-6-11-26-21-10-8-17(14(2)3)12-19(21)16(5)22(26)23(27)25-20-13-18(24)9-7-15(20)4/h6-10,12-14H,1,11H2,2-5H3,(H,25,27). The number of hydrogen-bond acceptors (Lipinski definition) is 1. The molecule has 0 aliphatic heterocycles. The molecule has 0 aliphatic rings. The zero-order chi connectivity index (χ0) is 19.7. The number of benzene rings is 2. The molecule has 140 valence electrons. The van der Waals surface area contributed by atoms with E-state index < -0.39 is 0 Å². The predicted molar refractivity (Wildman–Crippen MR) is 115 cm³/mol. The first kappa shape index (κ1) is 19.2. The molecule has 1 amide bonds. The van der Waals surface area contributed by atoms with Gasteiger partial charge in [-0.15, -0.1) is 6.58 Å². The normalized spacial score (nSPS) is 11.2. The van der Waals surface area contributed by atoms with Crippen molar-refractivity contribution in [2.24, 2.45) is 0 Å². The second-order valence-corrected chi connectivity index (χ2v) is 7.65. The summed E-state index contributed by atoms with van der Waals surface area (Å²) in [7, 11) is 0. The molecular formula is C23H25ClN2O. The summed E-state index contributed by atoms with van der Waals surface area (Å²) in [5, 5.41) is 4.73. The molecule has 3 nitrogen and oxygen atoms in total. The van der Waals surface area contributed by atoms with Gasteiger partial charge < -0.3 is 9.88 Å². The number of fused-ring (bicyclic) bond motifs is 1. The summed E-state index contributed by atoms with van der Waals surface area (Å²) in [6, 6.07) is 11.9. The van der Waals surface area contributed by atoms with Crippen molar-refractivity contribution < 1.29 is 4.79 Å². The van der Waals surface area contributed by atoms with Crippen molar-refractivity contribution in [1.82, 2.24) is 4.57 Å². The van der Waals surface area contributed by atoms with Crippen LogP contribution in [0.5, 0.6) is 0 Å². The van der Waals surface area contributed by atoms with Crippen molar-refractivity contribution in [1.29, 1.82) is 0 Å². The van der Waals surface area contributed by atoms with E-state index in [0.29, 0.717) is 23.2 Å². The number of carbonyl (C=O) groups is 1. The Balaban J connectivity index is 2.12. The van der Waals surface area contributed by atoms with E-state index in [4.69, 9.17) is 11.6 Å². The first-order chi connectivity index (χ1) is 12.8. The number of halogens is 1. The number of carbonyl (C=O) groups excluding carboxylic acids is 1. The third-order valence-electron chi connectivity index (χ3n) is 4.98. The smallest absolute Gasteiger partial charge is 0.272 e. The van der Waals surface area contributed by atoms with Gasteiger partial charge in [-0.05, 0) is 60.7 Å². The Labute approximate surface area is 165 Å². The maximum absolute atomic E-state index is 13.2. The average Bonchev–Trinajstić information content (AvgIpc) is 2.90. The fourth-order valence-electron chi connectivity index (χ4n) is 3.42. The second kappa shape index (κ2) is 7.61. The lowest BCUT2D eigenvalue weighted by atomic mass is 10.0. The number of nitrogens with zero attached hydrogens (tertiary/aromatic N) is 1. The highest BCUT2D eigenvalue weighted by molar-refractivity contribution is 6.31. The summed E-state index contributed by atoms with van der Waals surface area (Å²) in [5.74, 6) is 0.296. The second-order valence-electron chi connectivity index (χ2n) is 7.22. The number of hydrogen-bond donors (Lipinski definition) is 1. The van der Waals surface area contributed by atoms with E-state index in [2.05, 4.69) is 43.9 Å². The molecular weight excluding hydrogens is 356 g/mol. The minimum Gasteiger partial charge on any atom is -0.332 e. The summed E-state index contributed by atoms with van der Waals surface area (Å²) in [5.41, 5.74) is 5.64. The third-order valence-corrected chi connectivity index (χ3v) is 5.22. The highest BCUT2D eigenvalue weighted by atomic mass is 35.5. The Kier molecular flexibility index (Phi) is 5.43. The molecule has 0 aliphatic carbocycles. The molecule has 0 spiro atoms. The SMILES string of the molecule is C=CCn1c(C(=O)Nc2cc(Cl)ccc2C)c(C)c2cc(C(C)C)ccc21. The van der Waals surface area contributed by atoms with Crippen LogP contribution >= 0.6 is 11.6 Å². The van der Waals surface area contributed by atoms with Crippen LogP contribution in [-0.2, 0) is 6.54 Å². The number of amides is 1. The molecule has 4 heteroatoms. The van der Waals surface area contributed by atoms with E-state index >= 15 is 0 Å². The van der Waals surface area contributed by atoms with Crippen LogP contribution in [0.3, 0.4) is 0 Å². The molecule has 1 heterocycles. The van der Waals surface area contributed by atoms with Crippen molar-refractivity contribution in [2.75, 3.05) is 5.32 Å². The van der Waals surface area contributed by atoms with Crippen LogP contribution in [0, 0.1) is 13.8 Å². The lowest BCUT2D eigenvalue weighted by molar-refractivity contribution is 0.101. The molecule has 0 radical (unpaired) electrons. The third kappa shape index (κ3) is 3.65. The molecule has 27 heavy (non-hydrogen) atoms. The summed E-state index contributed by atoms with van der Waals surface area (Å²) in [4.78, 5) is 13.2. The number of rotatable bonds is 5. The lowest BCUT2D eigenvalue weighted by Gasteiger charge is -2.12. The summed E-state index contributed by atoms with van der Waals surface area (Å²) < 4.78 is 2.02. The van der Waals surface area contributed by atoms with Gasteiger partial charge in [0.1, 0.15) is 5.69 Å². The number of aromatic nitrogens is 1. The Morgan fingerprint density at radius 2 is 1.96 bits per heavy atom. The van der Waals surface area contributed by atoms with Crippen molar-refractivity contribution in [3.63, 3.8) is 0 Å². The Bertz CT molecular complexity index is 1030. The number of allylic oxidation sites excluding steroid dienone is 1. The minimum absolute atomic E-state index is 0.137. The Hall–Kier alpha value is -2.52. The zero-order valence-electron chi connectivity index (χ0n) is 16.3. The quantitative estimate of drug-likeness (QED) is 0.505. The van der Waals surface area contributed by atoms with E-state index in [0.717, 1.165) is 27.7 Å². The van der Waals surface area contributed by atoms with E-state index in [1.807, 2.05) is 36.6 Å². The number of anilines is 1. The van der Waals surface area contributed by atoms with Crippen LogP contribution in [0.1, 0.15) is 46.9 Å². The van der Waals surface area contributed by atoms with E-state index in [1.54, 1.807) is 6.07 Å². The van der Waals surface area contributed by atoms with E-state index in [1.165, 1.54) is 5.56 Å². The molecule has 0 unspecified atom stereocenters. The van der Waals surface area contributed by atoms with Crippen LogP contribution in [0.2, 0.25) is 5.02 Å². The van der Waals surface area contributed by atoms with Crippen LogP contribution in [0.4, 0.5) is 5.69 Å². The van der Waals surface area contributed by atoms with Gasteiger partial charge in [-0.3, -0.25) is 4.79 Å². The molecule has 3 aromatic rings. The molecule has 1 aromatic heterocycles. The van der Waals surface area contributed by atoms with Gasteiger partial charge in [0.25, 0.3) is 5.91 Å². The van der Waals surface area contributed by atoms with Crippen LogP contribution in [0.15, 0.2) is 49.1 Å². The van der Waals surface area contributed by atoms with Gasteiger partial charge in [0, 0.05) is 28.2 Å². The molecule has 1 N–H and O–H groups in total. The monoisotopic (exact) mass is 380 g/mol. The van der Waals surface area contributed by atoms with Gasteiger partial charge in [-0.25, -0.2) is 0 Å². The summed E-state index contributed by atoms with van der Waals surface area (Å²) >= 11 is 6.10. The molecule has 0 saturated carbocycles. The zero-order valence-corrected chi connectivity index (χ0v) is 17.0. The summed E-state index contributed by atoms with van der Waals surface area (Å²) in [6.45, 7) is 12.7. The molecule has 0 atom stereocenters. The minimum atomic E-state index is -0.137. The number of nitrogens with one attached hydrogen (secondary N) is 1. The van der Waals surface area contributed by atoms with Gasteiger partial charge in [0.05, 0.1) is 0 Å².